The van der Waals surface area contributed by atoms with Gasteiger partial charge in [-0.3, -0.25) is 19.3 Å². The van der Waals surface area contributed by atoms with Crippen molar-refractivity contribution in [3.8, 4) is 0 Å². The monoisotopic (exact) mass is 394 g/mol. The van der Waals surface area contributed by atoms with E-state index in [1.165, 1.54) is 6.07 Å². The van der Waals surface area contributed by atoms with Gasteiger partial charge in [0.25, 0.3) is 11.8 Å². The maximum absolute atomic E-state index is 13.0. The lowest BCUT2D eigenvalue weighted by Gasteiger charge is -2.28. The minimum absolute atomic E-state index is 0.241. The highest BCUT2D eigenvalue weighted by Crippen LogP contribution is 2.28. The molecule has 1 N–H and O–H groups in total. The Bertz CT molecular complexity index is 948. The van der Waals surface area contributed by atoms with Crippen LogP contribution in [0.1, 0.15) is 51.8 Å². The second-order valence-corrected chi connectivity index (χ2v) is 7.01. The lowest BCUT2D eigenvalue weighted by molar-refractivity contribution is -0.121. The number of nitrogens with zero attached hydrogens (tertiary/aromatic N) is 1. The number of carbonyl (C=O) groups is 4. The lowest BCUT2D eigenvalue weighted by atomic mass is 10.0. The zero-order valence-electron chi connectivity index (χ0n) is 16.5. The van der Waals surface area contributed by atoms with E-state index in [9.17, 15) is 19.2 Å². The third-order valence-corrected chi connectivity index (χ3v) is 4.64. The number of amides is 3. The molecule has 0 fully saturated rings. The van der Waals surface area contributed by atoms with E-state index in [-0.39, 0.29) is 12.5 Å². The van der Waals surface area contributed by atoms with Crippen LogP contribution in [-0.2, 0) is 9.53 Å². The van der Waals surface area contributed by atoms with E-state index < -0.39 is 29.7 Å². The summed E-state index contributed by atoms with van der Waals surface area (Å²) in [5, 5.41) is 2.71. The number of ether oxygens (including phenoxy) is 1. The molecule has 0 saturated carbocycles. The van der Waals surface area contributed by atoms with Gasteiger partial charge in [-0.2, -0.15) is 0 Å². The second kappa shape index (κ2) is 8.26. The van der Waals surface area contributed by atoms with Gasteiger partial charge in [0.2, 0.25) is 5.91 Å². The van der Waals surface area contributed by atoms with Gasteiger partial charge in [-0.25, -0.2) is 4.79 Å². The Hall–Kier alpha value is -3.48. The second-order valence-electron chi connectivity index (χ2n) is 7.01. The Morgan fingerprint density at radius 2 is 1.62 bits per heavy atom. The Morgan fingerprint density at radius 3 is 2.17 bits per heavy atom. The average molecular weight is 394 g/mol. The van der Waals surface area contributed by atoms with Crippen molar-refractivity contribution in [1.29, 1.82) is 0 Å². The summed E-state index contributed by atoms with van der Waals surface area (Å²) in [6.45, 7) is 5.48. The number of nitrogens with one attached hydrogen (secondary N) is 1. The Kier molecular flexibility index (Phi) is 5.77. The fraction of sp³-hybridized carbons (Fsp3) is 0.273. The molecule has 1 heterocycles. The predicted octanol–water partition coefficient (Wildman–Crippen LogP) is 3.12. The molecule has 2 aromatic carbocycles. The van der Waals surface area contributed by atoms with E-state index in [0.29, 0.717) is 22.4 Å². The van der Waals surface area contributed by atoms with Crippen LogP contribution in [0.3, 0.4) is 0 Å². The van der Waals surface area contributed by atoms with Gasteiger partial charge in [0.1, 0.15) is 6.04 Å². The maximum Gasteiger partial charge on any atom is 0.338 e. The van der Waals surface area contributed by atoms with Gasteiger partial charge in [-0.05, 0) is 43.2 Å². The molecular formula is C22H22N2O5. The first-order valence-corrected chi connectivity index (χ1v) is 9.40. The Labute approximate surface area is 168 Å². The zero-order chi connectivity index (χ0) is 21.1. The van der Waals surface area contributed by atoms with E-state index in [0.717, 1.165) is 4.90 Å². The molecule has 3 amide bonds. The summed E-state index contributed by atoms with van der Waals surface area (Å²) in [6, 6.07) is 11.8. The van der Waals surface area contributed by atoms with Gasteiger partial charge in [-0.1, -0.05) is 32.0 Å². The molecule has 0 spiro atoms. The highest BCUT2D eigenvalue weighted by molar-refractivity contribution is 6.23. The third kappa shape index (κ3) is 3.89. The maximum atomic E-state index is 13.0. The van der Waals surface area contributed by atoms with Crippen molar-refractivity contribution in [2.45, 2.75) is 26.8 Å². The Balaban J connectivity index is 1.85. The van der Waals surface area contributed by atoms with Gasteiger partial charge < -0.3 is 10.1 Å². The molecule has 0 unspecified atom stereocenters. The largest absolute Gasteiger partial charge is 0.462 e. The van der Waals surface area contributed by atoms with Crippen molar-refractivity contribution in [1.82, 2.24) is 4.90 Å². The first kappa shape index (κ1) is 20.3. The van der Waals surface area contributed by atoms with Crippen LogP contribution >= 0.6 is 0 Å². The van der Waals surface area contributed by atoms with Gasteiger partial charge >= 0.3 is 5.97 Å². The fourth-order valence-electron chi connectivity index (χ4n) is 3.33. The van der Waals surface area contributed by atoms with Crippen molar-refractivity contribution in [2.24, 2.45) is 5.92 Å². The van der Waals surface area contributed by atoms with Gasteiger partial charge in [-0.15, -0.1) is 0 Å². The molecule has 0 aromatic heterocycles. The molecular weight excluding hydrogens is 372 g/mol. The van der Waals surface area contributed by atoms with E-state index >= 15 is 0 Å². The molecule has 150 valence electrons. The number of anilines is 1. The number of hydrogen-bond acceptors (Lipinski definition) is 5. The van der Waals surface area contributed by atoms with Crippen LogP contribution in [0, 0.1) is 5.92 Å². The molecule has 1 atom stereocenters. The zero-order valence-corrected chi connectivity index (χ0v) is 16.5. The molecule has 3 rings (SSSR count). The van der Waals surface area contributed by atoms with E-state index in [1.807, 2.05) is 0 Å². The van der Waals surface area contributed by atoms with Crippen LogP contribution in [0.4, 0.5) is 5.69 Å². The number of imide groups is 1. The first-order chi connectivity index (χ1) is 13.8. The molecule has 0 bridgehead atoms. The summed E-state index contributed by atoms with van der Waals surface area (Å²) in [5.41, 5.74) is 1.26. The Morgan fingerprint density at radius 1 is 1.00 bits per heavy atom. The summed E-state index contributed by atoms with van der Waals surface area (Å²) in [4.78, 5) is 51.5. The van der Waals surface area contributed by atoms with Crippen LogP contribution in [0.15, 0.2) is 48.5 Å². The quantitative estimate of drug-likeness (QED) is 0.600. The molecule has 1 aliphatic heterocycles. The summed E-state index contributed by atoms with van der Waals surface area (Å²) in [7, 11) is 0. The molecule has 7 nitrogen and oxygen atoms in total. The van der Waals surface area contributed by atoms with Crippen LogP contribution in [-0.4, -0.2) is 41.2 Å². The van der Waals surface area contributed by atoms with Crippen molar-refractivity contribution < 1.29 is 23.9 Å². The van der Waals surface area contributed by atoms with Gasteiger partial charge in [0.05, 0.1) is 23.3 Å². The summed E-state index contributed by atoms with van der Waals surface area (Å²) < 4.78 is 4.97. The number of benzene rings is 2. The van der Waals surface area contributed by atoms with E-state index in [1.54, 1.807) is 63.2 Å². The topological polar surface area (TPSA) is 92.8 Å². The van der Waals surface area contributed by atoms with Crippen LogP contribution < -0.4 is 5.32 Å². The number of carbonyl (C=O) groups excluding carboxylic acids is 4. The highest BCUT2D eigenvalue weighted by Gasteiger charge is 2.43. The lowest BCUT2D eigenvalue weighted by Crippen LogP contribution is -2.50. The van der Waals surface area contributed by atoms with Crippen molar-refractivity contribution in [2.75, 3.05) is 11.9 Å². The summed E-state index contributed by atoms with van der Waals surface area (Å²) in [6.07, 6.45) is 0. The molecule has 29 heavy (non-hydrogen) atoms. The molecule has 7 heteroatoms. The molecule has 0 aliphatic carbocycles. The first-order valence-electron chi connectivity index (χ1n) is 9.40. The van der Waals surface area contributed by atoms with Crippen molar-refractivity contribution >= 4 is 29.4 Å². The van der Waals surface area contributed by atoms with Crippen LogP contribution in [0.25, 0.3) is 0 Å². The normalized spacial score (nSPS) is 14.0. The SMILES string of the molecule is CCOC(=O)c1cccc(NC(=O)[C@H](C(C)C)N2C(=O)c3ccccc3C2=O)c1. The van der Waals surface area contributed by atoms with Crippen LogP contribution in [0.5, 0.6) is 0 Å². The van der Waals surface area contributed by atoms with E-state index in [2.05, 4.69) is 5.32 Å². The highest BCUT2D eigenvalue weighted by atomic mass is 16.5. The van der Waals surface area contributed by atoms with E-state index in [4.69, 9.17) is 4.74 Å². The molecule has 2 aromatic rings. The predicted molar refractivity (Wildman–Crippen MR) is 107 cm³/mol. The fourth-order valence-corrected chi connectivity index (χ4v) is 3.33. The summed E-state index contributed by atoms with van der Waals surface area (Å²) in [5.74, 6) is -2.29. The number of rotatable bonds is 6. The van der Waals surface area contributed by atoms with Crippen molar-refractivity contribution in [3.63, 3.8) is 0 Å². The minimum atomic E-state index is -0.992. The number of fused-ring (bicyclic) bond motifs is 1. The molecule has 0 radical (unpaired) electrons. The third-order valence-electron chi connectivity index (χ3n) is 4.64. The van der Waals surface area contributed by atoms with Gasteiger partial charge in [0, 0.05) is 5.69 Å². The standard InChI is InChI=1S/C22H22N2O5/c1-4-29-22(28)14-8-7-9-15(12-14)23-19(25)18(13(2)3)24-20(26)16-10-5-6-11-17(16)21(24)27/h5-13,18H,4H2,1-3H3,(H,23,25)/t18-/m0/s1. The number of esters is 1. The number of hydrogen-bond donors (Lipinski definition) is 1. The molecule has 0 saturated heterocycles. The average Bonchev–Trinajstić information content (AvgIpc) is 2.94. The minimum Gasteiger partial charge on any atom is -0.462 e. The summed E-state index contributed by atoms with van der Waals surface area (Å²) >= 11 is 0. The van der Waals surface area contributed by atoms with Crippen molar-refractivity contribution in [3.05, 3.63) is 65.2 Å². The van der Waals surface area contributed by atoms with Gasteiger partial charge in [0.15, 0.2) is 0 Å². The molecule has 1 aliphatic rings. The van der Waals surface area contributed by atoms with Crippen LogP contribution in [0.2, 0.25) is 0 Å². The smallest absolute Gasteiger partial charge is 0.338 e.